The van der Waals surface area contributed by atoms with Crippen molar-refractivity contribution in [2.45, 2.75) is 0 Å². The number of fused-ring (bicyclic) bond motifs is 17. The predicted molar refractivity (Wildman–Crippen MR) is 481 cm³/mol. The highest BCUT2D eigenvalue weighted by molar-refractivity contribution is 14.1. The van der Waals surface area contributed by atoms with Crippen LogP contribution in [0.3, 0.4) is 0 Å². The van der Waals surface area contributed by atoms with Crippen LogP contribution in [0.25, 0.3) is 82.5 Å². The molecule has 3 aromatic heterocycles. The van der Waals surface area contributed by atoms with Crippen molar-refractivity contribution in [3.63, 3.8) is 0 Å². The van der Waals surface area contributed by atoms with E-state index >= 15 is 4.57 Å². The average molecular weight is 1720 g/mol. The molecule has 0 N–H and O–H groups in total. The molecule has 510 valence electrons. The van der Waals surface area contributed by atoms with Gasteiger partial charge in [0.2, 0.25) is 13.4 Å². The van der Waals surface area contributed by atoms with Crippen LogP contribution in [-0.4, -0.2) is 43.1 Å². The van der Waals surface area contributed by atoms with Crippen LogP contribution in [-0.2, 0) is 9.13 Å². The predicted octanol–water partition coefficient (Wildman–Crippen LogP) is 14.9. The Morgan fingerprint density at radius 3 is 0.794 bits per heavy atom. The van der Waals surface area contributed by atoms with Gasteiger partial charge in [0, 0.05) is 85.7 Å². The minimum absolute atomic E-state index is 0. The first-order chi connectivity index (χ1) is 52.2. The van der Waals surface area contributed by atoms with Crippen molar-refractivity contribution in [3.8, 4) is 17.1 Å². The zero-order valence-electron chi connectivity index (χ0n) is 57.8. The lowest BCUT2D eigenvalue weighted by Crippen LogP contribution is -2.74. The first kappa shape index (κ1) is 69.3. The molecule has 15 aromatic carbocycles. The first-order valence-corrected chi connectivity index (χ1v) is 43.8. The minimum Gasteiger partial charge on any atom is -0.309 e. The van der Waals surface area contributed by atoms with E-state index in [0.29, 0.717) is 0 Å². The summed E-state index contributed by atoms with van der Waals surface area (Å²) in [6.07, 6.45) is 0. The van der Waals surface area contributed by atoms with E-state index in [0.717, 1.165) is 91.4 Å². The maximum atomic E-state index is 16.4. The lowest BCUT2D eigenvalue weighted by atomic mass is 9.33. The summed E-state index contributed by atoms with van der Waals surface area (Å²) in [7, 11) is -6.10. The van der Waals surface area contributed by atoms with Gasteiger partial charge in [0.05, 0.1) is 33.1 Å². The number of aromatic nitrogens is 3. The third-order valence-corrected chi connectivity index (χ3v) is 31.2. The van der Waals surface area contributed by atoms with Gasteiger partial charge in [-0.2, -0.15) is 0 Å². The first-order valence-electron chi connectivity index (χ1n) is 35.6. The van der Waals surface area contributed by atoms with Crippen LogP contribution in [0.1, 0.15) is 0 Å². The number of rotatable bonds is 5. The molecule has 0 saturated heterocycles. The van der Waals surface area contributed by atoms with Crippen molar-refractivity contribution in [2.24, 2.45) is 0 Å². The highest BCUT2D eigenvalue weighted by atomic mass is 127. The molecular formula is C91H62B4Br3FIN3O2P2. The van der Waals surface area contributed by atoms with Crippen LogP contribution in [0.5, 0.6) is 0 Å². The van der Waals surface area contributed by atoms with Gasteiger partial charge in [-0.1, -0.05) is 360 Å². The van der Waals surface area contributed by atoms with Crippen LogP contribution >= 0.6 is 84.3 Å². The standard InChI is InChI=1S/C54H35B2N2OP.C18H11B2Br2OP.C18H12BrN.CH3I.FH/c59-60-52-26-11-5-18-44(52)55(36-28-32-38(33-29-36)57-48-22-7-1-14-40(48)41-15-2-8-23-49(41)57)46-20-13-21-47(54(46)60)56(45-19-6-12-27-53(45)60)37-30-34-39(35-31-37)58-50-24-9-3-16-42(50)43-17-4-10-25-51(43)58;21-19-12-6-1-3-10-16(12)24(23)17-11-4-2-7-13(17)20(22)15-9-5-8-14(19)18(15)24;19-13-9-11-14(12-10-13)20-17-7-3-1-5-15(17)16-6-2-4-8-18(16)20;1-2;/h1-35H;1-11H;1-12H;1H3;1H. The molecule has 0 atom stereocenters. The number of hydrogen-bond donors (Lipinski definition) is 0. The molecule has 0 spiro atoms. The number of para-hydroxylation sites is 6. The third-order valence-electron chi connectivity index (χ3n) is 22.1. The zero-order valence-corrected chi connectivity index (χ0v) is 66.5. The summed E-state index contributed by atoms with van der Waals surface area (Å²) in [5.41, 5.74) is 22.3. The van der Waals surface area contributed by atoms with Crippen molar-refractivity contribution in [1.82, 2.24) is 13.7 Å². The fourth-order valence-electron chi connectivity index (χ4n) is 17.7. The van der Waals surface area contributed by atoms with E-state index in [1.165, 1.54) is 82.0 Å². The van der Waals surface area contributed by atoms with Gasteiger partial charge in [-0.25, -0.2) is 0 Å². The monoisotopic (exact) mass is 1720 g/mol. The Hall–Kier alpha value is -9.48. The Morgan fingerprint density at radius 2 is 0.486 bits per heavy atom. The summed E-state index contributed by atoms with van der Waals surface area (Å²) < 4.78 is 39.2. The summed E-state index contributed by atoms with van der Waals surface area (Å²) in [5.74, 6) is 0. The molecule has 0 amide bonds. The Bertz CT molecular complexity index is 6220. The SMILES string of the molecule is Brc1ccc(-n2c3ccccc3c3ccccc32)cc1.CI.F.O=P12c3ccccc3B(Br)c3cccc(c31)B(Br)c1ccccc12.O=P12c3ccccc3B(c3ccc(-n4c5ccccc5c5ccccc54)cc3)c3cccc(c31)B(c1ccc(-n3c4ccccc4c4ccccc43)cc1)c1ccccc12. The van der Waals surface area contributed by atoms with E-state index in [4.69, 9.17) is 0 Å². The Labute approximate surface area is 660 Å². The van der Waals surface area contributed by atoms with E-state index in [-0.39, 0.29) is 29.2 Å². The molecule has 4 aliphatic rings. The van der Waals surface area contributed by atoms with Crippen molar-refractivity contribution in [1.29, 1.82) is 0 Å². The van der Waals surface area contributed by atoms with E-state index in [1.54, 1.807) is 0 Å². The molecule has 0 unspecified atom stereocenters. The second-order valence-electron chi connectivity index (χ2n) is 27.4. The fraction of sp³-hybridized carbons (Fsp3) is 0.0110. The van der Waals surface area contributed by atoms with Gasteiger partial charge >= 0.3 is 0 Å². The van der Waals surface area contributed by atoms with Gasteiger partial charge in [-0.05, 0) is 89.9 Å². The van der Waals surface area contributed by atoms with Gasteiger partial charge in [0.1, 0.15) is 0 Å². The maximum Gasteiger partial charge on any atom is 0.288 e. The molecule has 4 aliphatic heterocycles. The maximum absolute atomic E-state index is 16.4. The van der Waals surface area contributed by atoms with Gasteiger partial charge in [-0.3, -0.25) is 4.70 Å². The van der Waals surface area contributed by atoms with Gasteiger partial charge in [0.25, 0.3) is 11.1 Å². The molecule has 0 saturated carbocycles. The fourth-order valence-corrected chi connectivity index (χ4v) is 27.5. The molecule has 0 bridgehead atoms. The summed E-state index contributed by atoms with van der Waals surface area (Å²) >= 11 is 13.3. The lowest BCUT2D eigenvalue weighted by Gasteiger charge is -2.40. The Kier molecular flexibility index (Phi) is 18.1. The molecule has 18 aromatic rings. The third kappa shape index (κ3) is 10.8. The van der Waals surface area contributed by atoms with Crippen LogP contribution in [0.2, 0.25) is 0 Å². The van der Waals surface area contributed by atoms with Crippen molar-refractivity contribution >= 4 is 261 Å². The molecular weight excluding hydrogens is 1660 g/mol. The molecule has 107 heavy (non-hydrogen) atoms. The molecule has 7 heterocycles. The summed E-state index contributed by atoms with van der Waals surface area (Å²) in [5, 5.41) is 13.5. The number of nitrogens with zero attached hydrogens (tertiary/aromatic N) is 3. The van der Waals surface area contributed by atoms with E-state index < -0.39 is 14.3 Å². The van der Waals surface area contributed by atoms with Crippen molar-refractivity contribution in [2.75, 3.05) is 4.93 Å². The van der Waals surface area contributed by atoms with E-state index in [2.05, 4.69) is 399 Å². The second kappa shape index (κ2) is 27.9. The van der Waals surface area contributed by atoms with Crippen molar-refractivity contribution in [3.05, 3.63) is 356 Å². The smallest absolute Gasteiger partial charge is 0.288 e. The number of halogens is 5. The number of hydrogen-bond acceptors (Lipinski definition) is 2. The second-order valence-corrected chi connectivity index (χ2v) is 35.4. The Balaban J connectivity index is 0.000000140. The normalized spacial score (nSPS) is 13.5. The Morgan fingerprint density at radius 1 is 0.262 bits per heavy atom. The topological polar surface area (TPSA) is 48.9 Å². The summed E-state index contributed by atoms with van der Waals surface area (Å²) in [6, 6.07) is 125. The summed E-state index contributed by atoms with van der Waals surface area (Å²) in [4.78, 5) is 1.97. The van der Waals surface area contributed by atoms with Crippen LogP contribution < -0.4 is 86.5 Å². The van der Waals surface area contributed by atoms with Gasteiger partial charge < -0.3 is 22.8 Å². The molecule has 16 heteroatoms. The molecule has 0 radical (unpaired) electrons. The molecule has 0 aliphatic carbocycles. The van der Waals surface area contributed by atoms with Crippen LogP contribution in [0.15, 0.2) is 356 Å². The number of alkyl halides is 1. The molecule has 0 fully saturated rings. The minimum atomic E-state index is -3.25. The van der Waals surface area contributed by atoms with Crippen LogP contribution in [0, 0.1) is 0 Å². The van der Waals surface area contributed by atoms with Gasteiger partial charge in [-0.15, -0.1) is 31.5 Å². The zero-order chi connectivity index (χ0) is 71.5. The highest BCUT2D eigenvalue weighted by Crippen LogP contribution is 2.46. The van der Waals surface area contributed by atoms with Crippen LogP contribution in [0.4, 0.5) is 4.70 Å². The number of benzene rings is 15. The van der Waals surface area contributed by atoms with Crippen molar-refractivity contribution < 1.29 is 13.8 Å². The van der Waals surface area contributed by atoms with E-state index in [9.17, 15) is 4.57 Å². The average Bonchev–Trinajstić information content (AvgIpc) is 1.58. The highest BCUT2D eigenvalue weighted by Gasteiger charge is 2.51. The quantitative estimate of drug-likeness (QED) is 0.0746. The molecule has 22 rings (SSSR count). The summed E-state index contributed by atoms with van der Waals surface area (Å²) in [6.45, 7) is -0.150. The largest absolute Gasteiger partial charge is 0.309 e. The van der Waals surface area contributed by atoms with Gasteiger partial charge in [0.15, 0.2) is 14.3 Å². The molecule has 5 nitrogen and oxygen atoms in total. The van der Waals surface area contributed by atoms with E-state index in [1.807, 2.05) is 41.3 Å². The lowest BCUT2D eigenvalue weighted by molar-refractivity contribution is 0.592.